The number of aromatic nitrogens is 3. The van der Waals surface area contributed by atoms with Gasteiger partial charge in [-0.3, -0.25) is 9.48 Å². The summed E-state index contributed by atoms with van der Waals surface area (Å²) in [5.41, 5.74) is 4.66. The van der Waals surface area contributed by atoms with E-state index in [-0.39, 0.29) is 5.91 Å². The number of anilines is 1. The van der Waals surface area contributed by atoms with Crippen LogP contribution in [0, 0.1) is 25.2 Å². The third kappa shape index (κ3) is 4.70. The van der Waals surface area contributed by atoms with Crippen LogP contribution in [0.4, 0.5) is 5.13 Å². The Kier molecular flexibility index (Phi) is 6.18. The van der Waals surface area contributed by atoms with E-state index in [9.17, 15) is 4.79 Å². The summed E-state index contributed by atoms with van der Waals surface area (Å²) in [6.07, 6.45) is 1.35. The predicted molar refractivity (Wildman–Crippen MR) is 117 cm³/mol. The lowest BCUT2D eigenvalue weighted by atomic mass is 10.1. The van der Waals surface area contributed by atoms with Crippen molar-refractivity contribution in [3.63, 3.8) is 0 Å². The molecule has 0 saturated heterocycles. The second-order valence-corrected chi connectivity index (χ2v) is 8.08. The maximum atomic E-state index is 12.5. The van der Waals surface area contributed by atoms with Crippen molar-refractivity contribution in [3.8, 4) is 28.8 Å². The Bertz CT molecular complexity index is 1140. The first-order valence-electron chi connectivity index (χ1n) is 10.1. The van der Waals surface area contributed by atoms with Crippen molar-refractivity contribution >= 4 is 22.4 Å². The molecule has 31 heavy (non-hydrogen) atoms. The van der Waals surface area contributed by atoms with Crippen molar-refractivity contribution in [1.82, 2.24) is 14.8 Å². The van der Waals surface area contributed by atoms with Crippen LogP contribution in [0.15, 0.2) is 23.6 Å². The molecule has 0 spiro atoms. The number of hydrogen-bond donors (Lipinski definition) is 1. The molecule has 0 radical (unpaired) electrons. The monoisotopic (exact) mass is 437 g/mol. The van der Waals surface area contributed by atoms with E-state index >= 15 is 0 Å². The van der Waals surface area contributed by atoms with Crippen molar-refractivity contribution in [1.29, 1.82) is 5.26 Å². The fourth-order valence-electron chi connectivity index (χ4n) is 3.56. The molecule has 1 aliphatic heterocycles. The summed E-state index contributed by atoms with van der Waals surface area (Å²) in [5.74, 6) is 1.36. The molecule has 0 unspecified atom stereocenters. The van der Waals surface area contributed by atoms with Gasteiger partial charge >= 0.3 is 0 Å². The maximum Gasteiger partial charge on any atom is 0.226 e. The highest BCUT2D eigenvalue weighted by molar-refractivity contribution is 7.14. The van der Waals surface area contributed by atoms with Crippen molar-refractivity contribution in [2.24, 2.45) is 0 Å². The Labute approximate surface area is 184 Å². The minimum Gasteiger partial charge on any atom is -0.486 e. The summed E-state index contributed by atoms with van der Waals surface area (Å²) in [6, 6.07) is 7.85. The average molecular weight is 438 g/mol. The third-order valence-electron chi connectivity index (χ3n) is 5.16. The molecular weight excluding hydrogens is 414 g/mol. The van der Waals surface area contributed by atoms with Crippen LogP contribution in [-0.4, -0.2) is 33.9 Å². The lowest BCUT2D eigenvalue weighted by molar-refractivity contribution is -0.116. The van der Waals surface area contributed by atoms with Crippen LogP contribution < -0.4 is 14.8 Å². The fourth-order valence-corrected chi connectivity index (χ4v) is 4.29. The zero-order chi connectivity index (χ0) is 21.8. The van der Waals surface area contributed by atoms with E-state index in [1.807, 2.05) is 42.1 Å². The number of aryl methyl sites for hydroxylation is 2. The number of nitrogens with one attached hydrogen (secondary N) is 1. The smallest absolute Gasteiger partial charge is 0.226 e. The van der Waals surface area contributed by atoms with Crippen molar-refractivity contribution in [2.45, 2.75) is 39.7 Å². The van der Waals surface area contributed by atoms with Gasteiger partial charge in [0.25, 0.3) is 0 Å². The van der Waals surface area contributed by atoms with Gasteiger partial charge in [-0.05, 0) is 44.0 Å². The number of amides is 1. The molecule has 8 nitrogen and oxygen atoms in total. The highest BCUT2D eigenvalue weighted by Gasteiger charge is 2.16. The molecular formula is C22H23N5O3S. The molecule has 0 bridgehead atoms. The zero-order valence-electron chi connectivity index (χ0n) is 17.5. The molecule has 0 saturated carbocycles. The number of nitriles is 1. The number of benzene rings is 1. The average Bonchev–Trinajstić information content (AvgIpc) is 3.34. The normalized spacial score (nSPS) is 12.4. The molecule has 0 fully saturated rings. The summed E-state index contributed by atoms with van der Waals surface area (Å²) in [7, 11) is 0. The SMILES string of the molecule is Cc1nn(CCC#N)c(C)c1CCC(=O)Nc1nc(-c2ccc3c(c2)OCCO3)cs1. The van der Waals surface area contributed by atoms with E-state index in [2.05, 4.69) is 21.5 Å². The van der Waals surface area contributed by atoms with Gasteiger partial charge in [-0.25, -0.2) is 4.98 Å². The molecule has 0 atom stereocenters. The lowest BCUT2D eigenvalue weighted by Gasteiger charge is -2.18. The van der Waals surface area contributed by atoms with Gasteiger partial charge in [0, 0.05) is 23.1 Å². The van der Waals surface area contributed by atoms with Gasteiger partial charge in [0.05, 0.1) is 30.4 Å². The molecule has 1 amide bonds. The largest absolute Gasteiger partial charge is 0.486 e. The zero-order valence-corrected chi connectivity index (χ0v) is 18.3. The second-order valence-electron chi connectivity index (χ2n) is 7.23. The van der Waals surface area contributed by atoms with E-state index in [0.717, 1.165) is 34.0 Å². The van der Waals surface area contributed by atoms with Gasteiger partial charge in [-0.1, -0.05) is 0 Å². The first kappa shape index (κ1) is 20.9. The third-order valence-corrected chi connectivity index (χ3v) is 5.92. The standard InChI is InChI=1S/C22H23N5O3S/c1-14-17(15(2)27(26-14)9-3-8-23)5-7-21(28)25-22-24-18(13-31-22)16-4-6-19-20(12-16)30-11-10-29-19/h4,6,12-13H,3,5,7,9-11H2,1-2H3,(H,24,25,28). The van der Waals surface area contributed by atoms with E-state index in [1.165, 1.54) is 11.3 Å². The Balaban J connectivity index is 1.37. The number of nitrogens with zero attached hydrogens (tertiary/aromatic N) is 4. The minimum atomic E-state index is -0.0911. The molecule has 3 aromatic rings. The van der Waals surface area contributed by atoms with E-state index < -0.39 is 0 Å². The summed E-state index contributed by atoms with van der Waals surface area (Å²) >= 11 is 1.39. The van der Waals surface area contributed by atoms with E-state index in [4.69, 9.17) is 14.7 Å². The first-order chi connectivity index (χ1) is 15.0. The first-order valence-corrected chi connectivity index (χ1v) is 11.0. The quantitative estimate of drug-likeness (QED) is 0.602. The second kappa shape index (κ2) is 9.18. The molecule has 160 valence electrons. The van der Waals surface area contributed by atoms with Crippen molar-refractivity contribution in [3.05, 3.63) is 40.5 Å². The summed E-state index contributed by atoms with van der Waals surface area (Å²) in [4.78, 5) is 17.0. The lowest BCUT2D eigenvalue weighted by Crippen LogP contribution is -2.15. The number of hydrogen-bond acceptors (Lipinski definition) is 7. The molecule has 1 N–H and O–H groups in total. The molecule has 3 heterocycles. The van der Waals surface area contributed by atoms with Crippen molar-refractivity contribution < 1.29 is 14.3 Å². The van der Waals surface area contributed by atoms with Crippen molar-refractivity contribution in [2.75, 3.05) is 18.5 Å². The van der Waals surface area contributed by atoms with Crippen LogP contribution >= 0.6 is 11.3 Å². The Morgan fingerprint density at radius 1 is 1.29 bits per heavy atom. The number of fused-ring (bicyclic) bond motifs is 1. The Hall–Kier alpha value is -3.38. The topological polar surface area (TPSA) is 102 Å². The van der Waals surface area contributed by atoms with Gasteiger partial charge in [0.15, 0.2) is 16.6 Å². The Morgan fingerprint density at radius 2 is 2.10 bits per heavy atom. The molecule has 1 aromatic carbocycles. The molecule has 2 aromatic heterocycles. The van der Waals surface area contributed by atoms with Gasteiger partial charge in [0.1, 0.15) is 13.2 Å². The number of carbonyl (C=O) groups is 1. The highest BCUT2D eigenvalue weighted by atomic mass is 32.1. The number of thiazole rings is 1. The molecule has 0 aliphatic carbocycles. The van der Waals surface area contributed by atoms with E-state index in [0.29, 0.717) is 49.9 Å². The number of carbonyl (C=O) groups excluding carboxylic acids is 1. The van der Waals surface area contributed by atoms with Gasteiger partial charge in [-0.2, -0.15) is 10.4 Å². The Morgan fingerprint density at radius 3 is 2.90 bits per heavy atom. The van der Waals surface area contributed by atoms with E-state index in [1.54, 1.807) is 0 Å². The molecule has 9 heteroatoms. The van der Waals surface area contributed by atoms with Crippen LogP contribution in [0.2, 0.25) is 0 Å². The van der Waals surface area contributed by atoms with Crippen LogP contribution in [0.3, 0.4) is 0 Å². The summed E-state index contributed by atoms with van der Waals surface area (Å²) in [6.45, 7) is 5.57. The summed E-state index contributed by atoms with van der Waals surface area (Å²) < 4.78 is 13.0. The van der Waals surface area contributed by atoms with Crippen LogP contribution in [0.5, 0.6) is 11.5 Å². The van der Waals surface area contributed by atoms with Gasteiger partial charge in [0.2, 0.25) is 5.91 Å². The maximum absolute atomic E-state index is 12.5. The fraction of sp³-hybridized carbons (Fsp3) is 0.364. The molecule has 1 aliphatic rings. The van der Waals surface area contributed by atoms with Crippen LogP contribution in [0.25, 0.3) is 11.3 Å². The van der Waals surface area contributed by atoms with Gasteiger partial charge in [-0.15, -0.1) is 11.3 Å². The number of ether oxygens (including phenoxy) is 2. The summed E-state index contributed by atoms with van der Waals surface area (Å²) in [5, 5.41) is 18.6. The van der Waals surface area contributed by atoms with Crippen LogP contribution in [-0.2, 0) is 17.8 Å². The highest BCUT2D eigenvalue weighted by Crippen LogP contribution is 2.35. The van der Waals surface area contributed by atoms with Crippen LogP contribution in [0.1, 0.15) is 29.8 Å². The molecule has 4 rings (SSSR count). The predicted octanol–water partition coefficient (Wildman–Crippen LogP) is 3.88. The minimum absolute atomic E-state index is 0.0911. The van der Waals surface area contributed by atoms with Gasteiger partial charge < -0.3 is 14.8 Å². The number of rotatable bonds is 7.